The molecule has 2 rings (SSSR count). The summed E-state index contributed by atoms with van der Waals surface area (Å²) in [4.78, 5) is 14.7. The SMILES string of the molecule is CCc1nc2c(OC(F)(F)F)cc(C(=O)O)c(F)c2s1. The number of aryl methyl sites for hydroxylation is 1. The molecule has 1 aromatic heterocycles. The van der Waals surface area contributed by atoms with Crippen molar-refractivity contribution >= 4 is 27.5 Å². The number of carboxylic acids is 1. The molecule has 0 aliphatic carbocycles. The van der Waals surface area contributed by atoms with Crippen molar-refractivity contribution in [3.8, 4) is 5.75 Å². The summed E-state index contributed by atoms with van der Waals surface area (Å²) in [5.74, 6) is -3.61. The first kappa shape index (κ1) is 14.5. The number of carboxylic acid groups (broad SMARTS) is 1. The summed E-state index contributed by atoms with van der Waals surface area (Å²) in [7, 11) is 0. The second kappa shape index (κ2) is 4.89. The van der Waals surface area contributed by atoms with Gasteiger partial charge in [0, 0.05) is 6.07 Å². The first-order valence-corrected chi connectivity index (χ1v) is 6.15. The van der Waals surface area contributed by atoms with E-state index in [2.05, 4.69) is 9.72 Å². The summed E-state index contributed by atoms with van der Waals surface area (Å²) in [5, 5.41) is 9.20. The first-order chi connectivity index (χ1) is 9.23. The fourth-order valence-electron chi connectivity index (χ4n) is 1.57. The summed E-state index contributed by atoms with van der Waals surface area (Å²) in [5.41, 5.74) is -1.21. The third-order valence-electron chi connectivity index (χ3n) is 2.37. The fraction of sp³-hybridized carbons (Fsp3) is 0.273. The Bertz CT molecular complexity index is 680. The lowest BCUT2D eigenvalue weighted by molar-refractivity contribution is -0.274. The van der Waals surface area contributed by atoms with E-state index in [9.17, 15) is 22.4 Å². The zero-order chi connectivity index (χ0) is 15.1. The van der Waals surface area contributed by atoms with Crippen LogP contribution in [0.2, 0.25) is 0 Å². The molecule has 0 aliphatic rings. The smallest absolute Gasteiger partial charge is 0.478 e. The van der Waals surface area contributed by atoms with Gasteiger partial charge in [-0.25, -0.2) is 14.2 Å². The summed E-state index contributed by atoms with van der Waals surface area (Å²) in [6.07, 6.45) is -4.64. The number of fused-ring (bicyclic) bond motifs is 1. The number of alkyl halides is 3. The topological polar surface area (TPSA) is 59.4 Å². The minimum Gasteiger partial charge on any atom is -0.478 e. The maximum Gasteiger partial charge on any atom is 0.573 e. The van der Waals surface area contributed by atoms with Crippen molar-refractivity contribution in [2.75, 3.05) is 0 Å². The summed E-state index contributed by atoms with van der Waals surface area (Å²) in [6.45, 7) is 1.69. The molecule has 0 radical (unpaired) electrons. The number of benzene rings is 1. The third-order valence-corrected chi connectivity index (χ3v) is 3.57. The van der Waals surface area contributed by atoms with Gasteiger partial charge < -0.3 is 9.84 Å². The highest BCUT2D eigenvalue weighted by Crippen LogP contribution is 2.37. The Morgan fingerprint density at radius 1 is 1.50 bits per heavy atom. The standard InChI is InChI=1S/C11H7F4NO3S/c1-2-6-16-8-5(19-11(13,14)15)3-4(10(17)18)7(12)9(8)20-6/h3H,2H2,1H3,(H,17,18). The van der Waals surface area contributed by atoms with Gasteiger partial charge in [-0.2, -0.15) is 0 Å². The van der Waals surface area contributed by atoms with Crippen LogP contribution in [0.15, 0.2) is 6.07 Å². The highest BCUT2D eigenvalue weighted by molar-refractivity contribution is 7.18. The van der Waals surface area contributed by atoms with Gasteiger partial charge in [-0.3, -0.25) is 0 Å². The molecule has 0 atom stereocenters. The quantitative estimate of drug-likeness (QED) is 0.880. The van der Waals surface area contributed by atoms with Gasteiger partial charge in [0.25, 0.3) is 0 Å². The second-order valence-electron chi connectivity index (χ2n) is 3.73. The van der Waals surface area contributed by atoms with E-state index in [1.807, 2.05) is 0 Å². The van der Waals surface area contributed by atoms with Crippen LogP contribution in [0.4, 0.5) is 17.6 Å². The Labute approximate surface area is 113 Å². The zero-order valence-electron chi connectivity index (χ0n) is 9.92. The minimum absolute atomic E-state index is 0.263. The van der Waals surface area contributed by atoms with Crippen LogP contribution in [0, 0.1) is 5.82 Å². The van der Waals surface area contributed by atoms with E-state index in [1.165, 1.54) is 0 Å². The van der Waals surface area contributed by atoms with Crippen molar-refractivity contribution in [1.29, 1.82) is 0 Å². The number of nitrogens with zero attached hydrogens (tertiary/aromatic N) is 1. The molecule has 9 heteroatoms. The van der Waals surface area contributed by atoms with Crippen LogP contribution in [0.5, 0.6) is 5.75 Å². The summed E-state index contributed by atoms with van der Waals surface area (Å²) in [6, 6.07) is 0.493. The molecule has 0 saturated heterocycles. The van der Waals surface area contributed by atoms with E-state index in [-0.39, 0.29) is 10.2 Å². The minimum atomic E-state index is -5.02. The number of rotatable bonds is 3. The largest absolute Gasteiger partial charge is 0.573 e. The number of hydrogen-bond donors (Lipinski definition) is 1. The van der Waals surface area contributed by atoms with Gasteiger partial charge in [0.2, 0.25) is 0 Å². The second-order valence-corrected chi connectivity index (χ2v) is 4.81. The number of aromatic carboxylic acids is 1. The van der Waals surface area contributed by atoms with Gasteiger partial charge in [-0.15, -0.1) is 24.5 Å². The highest BCUT2D eigenvalue weighted by atomic mass is 32.1. The zero-order valence-corrected chi connectivity index (χ0v) is 10.7. The Hall–Kier alpha value is -1.90. The molecular weight excluding hydrogens is 302 g/mol. The Morgan fingerprint density at radius 3 is 2.65 bits per heavy atom. The summed E-state index contributed by atoms with van der Waals surface area (Å²) < 4.78 is 54.3. The van der Waals surface area contributed by atoms with Gasteiger partial charge in [-0.1, -0.05) is 6.92 Å². The van der Waals surface area contributed by atoms with Crippen LogP contribution in [0.3, 0.4) is 0 Å². The number of carbonyl (C=O) groups is 1. The molecule has 1 aromatic carbocycles. The van der Waals surface area contributed by atoms with Crippen LogP contribution >= 0.6 is 11.3 Å². The van der Waals surface area contributed by atoms with Crippen molar-refractivity contribution in [1.82, 2.24) is 4.98 Å². The molecule has 0 unspecified atom stereocenters. The molecule has 0 fully saturated rings. The molecule has 0 spiro atoms. The van der Waals surface area contributed by atoms with Gasteiger partial charge in [0.05, 0.1) is 9.71 Å². The molecule has 108 valence electrons. The van der Waals surface area contributed by atoms with Crippen LogP contribution < -0.4 is 4.74 Å². The van der Waals surface area contributed by atoms with E-state index in [0.717, 1.165) is 11.3 Å². The molecule has 0 saturated carbocycles. The Kier molecular flexibility index (Phi) is 3.55. The monoisotopic (exact) mass is 309 g/mol. The highest BCUT2D eigenvalue weighted by Gasteiger charge is 2.34. The van der Waals surface area contributed by atoms with E-state index < -0.39 is 29.5 Å². The average molecular weight is 309 g/mol. The lowest BCUT2D eigenvalue weighted by Gasteiger charge is -2.10. The molecule has 0 aliphatic heterocycles. The molecule has 0 amide bonds. The predicted octanol–water partition coefficient (Wildman–Crippen LogP) is 3.59. The van der Waals surface area contributed by atoms with Crippen molar-refractivity contribution in [3.05, 3.63) is 22.5 Å². The van der Waals surface area contributed by atoms with Crippen molar-refractivity contribution in [2.45, 2.75) is 19.7 Å². The van der Waals surface area contributed by atoms with Crippen molar-refractivity contribution < 1.29 is 32.2 Å². The molecular formula is C11H7F4NO3S. The fourth-order valence-corrected chi connectivity index (χ4v) is 2.53. The number of hydrogen-bond acceptors (Lipinski definition) is 4. The lowest BCUT2D eigenvalue weighted by Crippen LogP contribution is -2.18. The predicted molar refractivity (Wildman–Crippen MR) is 62.6 cm³/mol. The van der Waals surface area contributed by atoms with Crippen LogP contribution in [0.1, 0.15) is 22.3 Å². The Morgan fingerprint density at radius 2 is 2.15 bits per heavy atom. The van der Waals surface area contributed by atoms with Gasteiger partial charge >= 0.3 is 12.3 Å². The summed E-state index contributed by atoms with van der Waals surface area (Å²) >= 11 is 0.799. The van der Waals surface area contributed by atoms with Gasteiger partial charge in [0.1, 0.15) is 11.1 Å². The van der Waals surface area contributed by atoms with E-state index in [0.29, 0.717) is 17.5 Å². The number of ether oxygens (including phenoxy) is 1. The number of thiazole rings is 1. The molecule has 4 nitrogen and oxygen atoms in total. The van der Waals surface area contributed by atoms with Crippen LogP contribution in [-0.4, -0.2) is 22.4 Å². The molecule has 1 heterocycles. The molecule has 20 heavy (non-hydrogen) atoms. The average Bonchev–Trinajstić information content (AvgIpc) is 2.75. The van der Waals surface area contributed by atoms with Gasteiger partial charge in [0.15, 0.2) is 11.6 Å². The van der Waals surface area contributed by atoms with Crippen LogP contribution in [0.25, 0.3) is 10.2 Å². The van der Waals surface area contributed by atoms with E-state index >= 15 is 0 Å². The first-order valence-electron chi connectivity index (χ1n) is 5.34. The Balaban J connectivity index is 2.74. The van der Waals surface area contributed by atoms with Crippen molar-refractivity contribution in [3.63, 3.8) is 0 Å². The molecule has 2 aromatic rings. The lowest BCUT2D eigenvalue weighted by atomic mass is 10.2. The van der Waals surface area contributed by atoms with Gasteiger partial charge in [-0.05, 0) is 6.42 Å². The maximum atomic E-state index is 13.9. The number of aromatic nitrogens is 1. The van der Waals surface area contributed by atoms with E-state index in [1.54, 1.807) is 6.92 Å². The van der Waals surface area contributed by atoms with Crippen molar-refractivity contribution in [2.24, 2.45) is 0 Å². The van der Waals surface area contributed by atoms with Crippen LogP contribution in [-0.2, 0) is 6.42 Å². The maximum absolute atomic E-state index is 13.9. The number of halogens is 4. The normalized spacial score (nSPS) is 11.8. The van der Waals surface area contributed by atoms with E-state index in [4.69, 9.17) is 5.11 Å². The molecule has 1 N–H and O–H groups in total. The molecule has 0 bridgehead atoms. The third kappa shape index (κ3) is 2.67.